The van der Waals surface area contributed by atoms with E-state index in [-0.39, 0.29) is 5.41 Å². The van der Waals surface area contributed by atoms with E-state index in [4.69, 9.17) is 15.2 Å². The predicted molar refractivity (Wildman–Crippen MR) is 74.5 cm³/mol. The van der Waals surface area contributed by atoms with Crippen molar-refractivity contribution in [1.82, 2.24) is 0 Å². The summed E-state index contributed by atoms with van der Waals surface area (Å²) in [7, 11) is 3.23. The lowest BCUT2D eigenvalue weighted by molar-refractivity contribution is 0.0313. The standard InChI is InChI=1S/C15H23NO3/c1-18-11-5-6-13(19-2)12(9-11)14(17)15(10-16)7-3-4-8-15/h5-6,9,14,17H,3-4,7-8,10,16H2,1-2H3. The van der Waals surface area contributed by atoms with Crippen LogP contribution in [0.3, 0.4) is 0 Å². The molecule has 0 bridgehead atoms. The highest BCUT2D eigenvalue weighted by Crippen LogP contribution is 2.49. The van der Waals surface area contributed by atoms with E-state index in [1.165, 1.54) is 0 Å². The smallest absolute Gasteiger partial charge is 0.124 e. The van der Waals surface area contributed by atoms with Crippen molar-refractivity contribution in [2.75, 3.05) is 20.8 Å². The molecule has 1 aromatic carbocycles. The zero-order valence-corrected chi connectivity index (χ0v) is 11.7. The number of nitrogens with two attached hydrogens (primary N) is 1. The van der Waals surface area contributed by atoms with Crippen LogP contribution in [0.4, 0.5) is 0 Å². The molecule has 0 saturated heterocycles. The fraction of sp³-hybridized carbons (Fsp3) is 0.600. The Morgan fingerprint density at radius 2 is 1.95 bits per heavy atom. The van der Waals surface area contributed by atoms with Crippen molar-refractivity contribution in [3.05, 3.63) is 23.8 Å². The van der Waals surface area contributed by atoms with Crippen molar-refractivity contribution in [3.8, 4) is 11.5 Å². The minimum atomic E-state index is -0.606. The van der Waals surface area contributed by atoms with Crippen LogP contribution in [0.15, 0.2) is 18.2 Å². The van der Waals surface area contributed by atoms with Gasteiger partial charge in [-0.2, -0.15) is 0 Å². The second-order valence-corrected chi connectivity index (χ2v) is 5.28. The zero-order chi connectivity index (χ0) is 13.9. The van der Waals surface area contributed by atoms with E-state index in [9.17, 15) is 5.11 Å². The first kappa shape index (κ1) is 14.2. The van der Waals surface area contributed by atoms with Gasteiger partial charge in [-0.25, -0.2) is 0 Å². The Kier molecular flexibility index (Phi) is 4.32. The molecule has 106 valence electrons. The van der Waals surface area contributed by atoms with Gasteiger partial charge in [0.2, 0.25) is 0 Å². The fourth-order valence-electron chi connectivity index (χ4n) is 3.05. The van der Waals surface area contributed by atoms with Gasteiger partial charge in [-0.05, 0) is 31.0 Å². The number of aliphatic hydroxyl groups excluding tert-OH is 1. The molecular weight excluding hydrogens is 242 g/mol. The van der Waals surface area contributed by atoms with Crippen molar-refractivity contribution < 1.29 is 14.6 Å². The molecule has 19 heavy (non-hydrogen) atoms. The summed E-state index contributed by atoms with van der Waals surface area (Å²) in [6.45, 7) is 0.495. The molecule has 0 spiro atoms. The molecule has 0 amide bonds. The first-order valence-electron chi connectivity index (χ1n) is 6.77. The predicted octanol–water partition coefficient (Wildman–Crippen LogP) is 2.26. The summed E-state index contributed by atoms with van der Waals surface area (Å²) in [5.74, 6) is 1.41. The van der Waals surface area contributed by atoms with Crippen LogP contribution >= 0.6 is 0 Å². The van der Waals surface area contributed by atoms with Gasteiger partial charge < -0.3 is 20.3 Å². The van der Waals surface area contributed by atoms with Gasteiger partial charge in [-0.1, -0.05) is 12.8 Å². The third-order valence-electron chi connectivity index (χ3n) is 4.32. The molecule has 1 aromatic rings. The third-order valence-corrected chi connectivity index (χ3v) is 4.32. The molecule has 1 fully saturated rings. The lowest BCUT2D eigenvalue weighted by atomic mass is 9.77. The Balaban J connectivity index is 2.38. The summed E-state index contributed by atoms with van der Waals surface area (Å²) >= 11 is 0. The van der Waals surface area contributed by atoms with E-state index >= 15 is 0 Å². The first-order chi connectivity index (χ1) is 9.16. The minimum Gasteiger partial charge on any atom is -0.497 e. The van der Waals surface area contributed by atoms with Crippen LogP contribution in [-0.4, -0.2) is 25.9 Å². The molecule has 1 unspecified atom stereocenters. The van der Waals surface area contributed by atoms with Crippen LogP contribution in [0.25, 0.3) is 0 Å². The number of aliphatic hydroxyl groups is 1. The van der Waals surface area contributed by atoms with E-state index in [2.05, 4.69) is 0 Å². The van der Waals surface area contributed by atoms with Gasteiger partial charge >= 0.3 is 0 Å². The van der Waals surface area contributed by atoms with E-state index in [0.29, 0.717) is 12.3 Å². The molecule has 1 aliphatic rings. The number of ether oxygens (including phenoxy) is 2. The van der Waals surface area contributed by atoms with Crippen LogP contribution in [0.1, 0.15) is 37.4 Å². The molecule has 1 saturated carbocycles. The highest BCUT2D eigenvalue weighted by molar-refractivity contribution is 5.42. The number of hydrogen-bond donors (Lipinski definition) is 2. The van der Waals surface area contributed by atoms with Crippen LogP contribution in [0, 0.1) is 5.41 Å². The monoisotopic (exact) mass is 265 g/mol. The SMILES string of the molecule is COc1ccc(OC)c(C(O)C2(CN)CCCC2)c1. The summed E-state index contributed by atoms with van der Waals surface area (Å²) in [5, 5.41) is 10.8. The Hall–Kier alpha value is -1.26. The van der Waals surface area contributed by atoms with E-state index < -0.39 is 6.10 Å². The van der Waals surface area contributed by atoms with Crippen molar-refractivity contribution in [2.24, 2.45) is 11.1 Å². The second-order valence-electron chi connectivity index (χ2n) is 5.28. The Morgan fingerprint density at radius 1 is 1.26 bits per heavy atom. The molecule has 4 heteroatoms. The second kappa shape index (κ2) is 5.80. The maximum Gasteiger partial charge on any atom is 0.124 e. The highest BCUT2D eigenvalue weighted by atomic mass is 16.5. The third kappa shape index (κ3) is 2.55. The highest BCUT2D eigenvalue weighted by Gasteiger charge is 2.41. The van der Waals surface area contributed by atoms with Gasteiger partial charge in [0.05, 0.1) is 20.3 Å². The summed E-state index contributed by atoms with van der Waals surface area (Å²) in [5.41, 5.74) is 6.49. The van der Waals surface area contributed by atoms with Crippen LogP contribution < -0.4 is 15.2 Å². The zero-order valence-electron chi connectivity index (χ0n) is 11.7. The molecule has 0 radical (unpaired) electrons. The van der Waals surface area contributed by atoms with E-state index in [1.807, 2.05) is 18.2 Å². The molecule has 2 rings (SSSR count). The molecule has 1 aliphatic carbocycles. The van der Waals surface area contributed by atoms with Crippen molar-refractivity contribution in [3.63, 3.8) is 0 Å². The van der Waals surface area contributed by atoms with Crippen LogP contribution in [0.2, 0.25) is 0 Å². The Labute approximate surface area is 114 Å². The number of benzene rings is 1. The molecule has 0 aromatic heterocycles. The van der Waals surface area contributed by atoms with Gasteiger partial charge in [0, 0.05) is 17.5 Å². The molecule has 4 nitrogen and oxygen atoms in total. The van der Waals surface area contributed by atoms with Gasteiger partial charge in [-0.3, -0.25) is 0 Å². The van der Waals surface area contributed by atoms with Crippen LogP contribution in [-0.2, 0) is 0 Å². The largest absolute Gasteiger partial charge is 0.497 e. The van der Waals surface area contributed by atoms with E-state index in [1.54, 1.807) is 14.2 Å². The summed E-state index contributed by atoms with van der Waals surface area (Å²) in [6, 6.07) is 5.51. The minimum absolute atomic E-state index is 0.223. The Bertz CT molecular complexity index is 427. The molecule has 0 aliphatic heterocycles. The average molecular weight is 265 g/mol. The summed E-state index contributed by atoms with van der Waals surface area (Å²) in [6.07, 6.45) is 3.57. The van der Waals surface area contributed by atoms with Crippen molar-refractivity contribution in [2.45, 2.75) is 31.8 Å². The lowest BCUT2D eigenvalue weighted by Crippen LogP contribution is -2.34. The molecule has 1 atom stereocenters. The van der Waals surface area contributed by atoms with E-state index in [0.717, 1.165) is 37.0 Å². The fourth-order valence-corrected chi connectivity index (χ4v) is 3.05. The van der Waals surface area contributed by atoms with Crippen molar-refractivity contribution in [1.29, 1.82) is 0 Å². The molecule has 0 heterocycles. The van der Waals surface area contributed by atoms with Gasteiger partial charge in [-0.15, -0.1) is 0 Å². The van der Waals surface area contributed by atoms with Gasteiger partial charge in [0.1, 0.15) is 11.5 Å². The van der Waals surface area contributed by atoms with Gasteiger partial charge in [0.25, 0.3) is 0 Å². The summed E-state index contributed by atoms with van der Waals surface area (Å²) < 4.78 is 10.6. The average Bonchev–Trinajstić information content (AvgIpc) is 2.95. The number of hydrogen-bond acceptors (Lipinski definition) is 4. The van der Waals surface area contributed by atoms with Crippen LogP contribution in [0.5, 0.6) is 11.5 Å². The topological polar surface area (TPSA) is 64.7 Å². The number of methoxy groups -OCH3 is 2. The lowest BCUT2D eigenvalue weighted by Gasteiger charge is -2.34. The van der Waals surface area contributed by atoms with Crippen molar-refractivity contribution >= 4 is 0 Å². The van der Waals surface area contributed by atoms with Gasteiger partial charge in [0.15, 0.2) is 0 Å². The molecule has 3 N–H and O–H groups in total. The first-order valence-corrected chi connectivity index (χ1v) is 6.77. The quantitative estimate of drug-likeness (QED) is 0.857. The maximum atomic E-state index is 10.8. The summed E-state index contributed by atoms with van der Waals surface area (Å²) in [4.78, 5) is 0. The number of rotatable bonds is 5. The Morgan fingerprint density at radius 3 is 2.47 bits per heavy atom. The molecular formula is C15H23NO3. The maximum absolute atomic E-state index is 10.8. The normalized spacial score (nSPS) is 19.2.